The van der Waals surface area contributed by atoms with E-state index in [0.717, 1.165) is 66.2 Å². The van der Waals surface area contributed by atoms with E-state index < -0.39 is 7.14 Å². The third-order valence-corrected chi connectivity index (χ3v) is 11.6. The van der Waals surface area contributed by atoms with Gasteiger partial charge in [-0.15, -0.1) is 0 Å². The summed E-state index contributed by atoms with van der Waals surface area (Å²) in [4.78, 5) is 17.0. The van der Waals surface area contributed by atoms with Crippen LogP contribution in [0.25, 0.3) is 11.1 Å². The zero-order valence-electron chi connectivity index (χ0n) is 28.8. The third kappa shape index (κ3) is 7.72. The molecule has 256 valence electrons. The number of anilines is 5. The van der Waals surface area contributed by atoms with Gasteiger partial charge < -0.3 is 29.7 Å². The fourth-order valence-corrected chi connectivity index (χ4v) is 8.16. The molecule has 0 spiro atoms. The molecular formula is C35H47BrN9O2P. The number of nitrogens with zero attached hydrogens (tertiary/aromatic N) is 7. The number of rotatable bonds is 10. The summed E-state index contributed by atoms with van der Waals surface area (Å²) in [7, 11) is 3.15. The lowest BCUT2D eigenvalue weighted by Crippen LogP contribution is -2.52. The molecule has 4 heterocycles. The number of likely N-dealkylation sites (N-methyl/N-ethyl adjacent to an activating group) is 1. The molecular weight excluding hydrogens is 689 g/mol. The molecule has 2 fully saturated rings. The molecule has 0 amide bonds. The van der Waals surface area contributed by atoms with Crippen molar-refractivity contribution < 1.29 is 9.30 Å². The van der Waals surface area contributed by atoms with E-state index in [2.05, 4.69) is 77.5 Å². The summed E-state index contributed by atoms with van der Waals surface area (Å²) in [5.41, 5.74) is 5.96. The second-order valence-corrected chi connectivity index (χ2v) is 17.3. The van der Waals surface area contributed by atoms with E-state index in [9.17, 15) is 4.57 Å². The molecule has 48 heavy (non-hydrogen) atoms. The predicted molar refractivity (Wildman–Crippen MR) is 201 cm³/mol. The zero-order chi connectivity index (χ0) is 34.0. The summed E-state index contributed by atoms with van der Waals surface area (Å²) in [6.07, 6.45) is 8.72. The van der Waals surface area contributed by atoms with Crippen LogP contribution in [0.5, 0.6) is 5.75 Å². The number of aromatic nitrogens is 4. The molecule has 0 unspecified atom stereocenters. The summed E-state index contributed by atoms with van der Waals surface area (Å²) < 4.78 is 21.8. The van der Waals surface area contributed by atoms with E-state index in [-0.39, 0.29) is 0 Å². The van der Waals surface area contributed by atoms with Crippen molar-refractivity contribution in [3.63, 3.8) is 0 Å². The molecule has 0 radical (unpaired) electrons. The average Bonchev–Trinajstić information content (AvgIpc) is 3.52. The monoisotopic (exact) mass is 735 g/mol. The van der Waals surface area contributed by atoms with E-state index >= 15 is 0 Å². The van der Waals surface area contributed by atoms with Crippen molar-refractivity contribution in [1.29, 1.82) is 0 Å². The number of benzene rings is 2. The minimum Gasteiger partial charge on any atom is -0.494 e. The van der Waals surface area contributed by atoms with Crippen LogP contribution in [0.1, 0.15) is 25.3 Å². The quantitative estimate of drug-likeness (QED) is 0.184. The van der Waals surface area contributed by atoms with E-state index in [0.29, 0.717) is 22.3 Å². The summed E-state index contributed by atoms with van der Waals surface area (Å²) in [5.74, 6) is 1.73. The van der Waals surface area contributed by atoms with Crippen LogP contribution in [0.3, 0.4) is 0 Å². The van der Waals surface area contributed by atoms with Crippen LogP contribution in [0, 0.1) is 0 Å². The van der Waals surface area contributed by atoms with Gasteiger partial charge in [-0.3, -0.25) is 9.58 Å². The van der Waals surface area contributed by atoms with Gasteiger partial charge in [0.05, 0.1) is 29.2 Å². The van der Waals surface area contributed by atoms with Crippen LogP contribution in [-0.4, -0.2) is 102 Å². The first-order valence-corrected chi connectivity index (χ1v) is 20.1. The molecule has 0 aliphatic carbocycles. The topological polar surface area (TPSA) is 104 Å². The molecule has 2 aliphatic rings. The van der Waals surface area contributed by atoms with Gasteiger partial charge in [-0.1, -0.05) is 13.0 Å². The number of nitrogens with one attached hydrogen (secondary N) is 2. The van der Waals surface area contributed by atoms with Gasteiger partial charge in [0.1, 0.15) is 18.7 Å². The number of aryl methyl sites for hydroxylation is 2. The minimum atomic E-state index is -2.65. The number of hydrogen-bond acceptors (Lipinski definition) is 10. The van der Waals surface area contributed by atoms with E-state index in [1.807, 2.05) is 37.6 Å². The first-order valence-electron chi connectivity index (χ1n) is 16.7. The summed E-state index contributed by atoms with van der Waals surface area (Å²) in [5, 5.41) is 11.9. The molecule has 2 N–H and O–H groups in total. The second-order valence-electron chi connectivity index (χ2n) is 13.2. The van der Waals surface area contributed by atoms with Gasteiger partial charge in [-0.05, 0) is 84.9 Å². The normalized spacial score (nSPS) is 16.7. The van der Waals surface area contributed by atoms with Crippen molar-refractivity contribution >= 4 is 57.2 Å². The Hall–Kier alpha value is -3.44. The van der Waals surface area contributed by atoms with Crippen LogP contribution in [0.4, 0.5) is 28.8 Å². The largest absolute Gasteiger partial charge is 0.494 e. The third-order valence-electron chi connectivity index (χ3n) is 9.50. The molecule has 2 saturated heterocycles. The Labute approximate surface area is 292 Å². The van der Waals surface area contributed by atoms with Crippen molar-refractivity contribution in [2.45, 2.75) is 32.2 Å². The van der Waals surface area contributed by atoms with Crippen molar-refractivity contribution in [1.82, 2.24) is 29.5 Å². The smallest absolute Gasteiger partial charge is 0.229 e. The number of piperazine rings is 1. The lowest BCUT2D eigenvalue weighted by atomic mass is 9.99. The summed E-state index contributed by atoms with van der Waals surface area (Å²) in [6.45, 7) is 12.5. The van der Waals surface area contributed by atoms with Gasteiger partial charge >= 0.3 is 0 Å². The van der Waals surface area contributed by atoms with Crippen LogP contribution in [0.15, 0.2) is 53.4 Å². The van der Waals surface area contributed by atoms with Gasteiger partial charge in [-0.2, -0.15) is 10.1 Å². The number of piperidine rings is 1. The molecule has 2 aromatic carbocycles. The highest BCUT2D eigenvalue weighted by atomic mass is 79.9. The Morgan fingerprint density at radius 2 is 1.71 bits per heavy atom. The van der Waals surface area contributed by atoms with Crippen molar-refractivity contribution in [2.24, 2.45) is 7.05 Å². The van der Waals surface area contributed by atoms with Gasteiger partial charge in [0.2, 0.25) is 5.95 Å². The Morgan fingerprint density at radius 1 is 0.958 bits per heavy atom. The highest BCUT2D eigenvalue weighted by Crippen LogP contribution is 2.41. The first-order chi connectivity index (χ1) is 23.0. The van der Waals surface area contributed by atoms with Crippen molar-refractivity contribution in [3.8, 4) is 16.9 Å². The molecule has 11 nitrogen and oxygen atoms in total. The standard InChI is InChI=1S/C35H47BrN9O2P/c1-7-24-18-30(32(47-4)20-31(24)45-12-10-27(11-13-45)44-16-14-42(2)15-17-44)40-35-37-22-28(36)34(41-35)39-29-9-8-25(19-33(29)48(5,6)46)26-21-38-43(3)23-26/h8-9,18-23,27H,7,10-17H2,1-6H3,(H2,37,39,40,41). The van der Waals surface area contributed by atoms with Gasteiger partial charge in [-0.25, -0.2) is 4.98 Å². The molecule has 13 heteroatoms. The maximum Gasteiger partial charge on any atom is 0.229 e. The molecule has 4 aromatic rings. The lowest BCUT2D eigenvalue weighted by molar-refractivity contribution is 0.0982. The fraction of sp³-hybridized carbons (Fsp3) is 0.457. The average molecular weight is 737 g/mol. The van der Waals surface area contributed by atoms with Crippen LogP contribution >= 0.6 is 23.1 Å². The Balaban J connectivity index is 1.21. The minimum absolute atomic E-state index is 0.423. The SMILES string of the molecule is CCc1cc(Nc2ncc(Br)c(Nc3ccc(-c4cnn(C)c4)cc3P(C)(C)=O)n2)c(OC)cc1N1CCC(N2CCN(C)CC2)CC1. The number of hydrogen-bond donors (Lipinski definition) is 2. The summed E-state index contributed by atoms with van der Waals surface area (Å²) in [6, 6.07) is 10.9. The van der Waals surface area contributed by atoms with Crippen molar-refractivity contribution in [3.05, 3.63) is 59.0 Å². The second kappa shape index (κ2) is 14.6. The lowest BCUT2D eigenvalue weighted by Gasteiger charge is -2.43. The van der Waals surface area contributed by atoms with Crippen molar-refractivity contribution in [2.75, 3.05) is 82.3 Å². The predicted octanol–water partition coefficient (Wildman–Crippen LogP) is 6.16. The maximum absolute atomic E-state index is 13.4. The maximum atomic E-state index is 13.4. The fourth-order valence-electron chi connectivity index (χ4n) is 6.71. The Bertz CT molecular complexity index is 1790. The van der Waals surface area contributed by atoms with E-state index in [4.69, 9.17) is 9.72 Å². The van der Waals surface area contributed by atoms with Crippen LogP contribution in [0.2, 0.25) is 0 Å². The molecule has 0 bridgehead atoms. The highest BCUT2D eigenvalue weighted by molar-refractivity contribution is 9.10. The summed E-state index contributed by atoms with van der Waals surface area (Å²) >= 11 is 3.61. The van der Waals surface area contributed by atoms with Crippen LogP contribution in [-0.2, 0) is 18.0 Å². The number of methoxy groups -OCH3 is 1. The van der Waals surface area contributed by atoms with Gasteiger partial charge in [0.15, 0.2) is 0 Å². The van der Waals surface area contributed by atoms with E-state index in [1.165, 1.54) is 37.2 Å². The van der Waals surface area contributed by atoms with Gasteiger partial charge in [0.25, 0.3) is 0 Å². The van der Waals surface area contributed by atoms with Gasteiger partial charge in [0, 0.05) is 87.4 Å². The molecule has 0 atom stereocenters. The molecule has 6 rings (SSSR count). The Morgan fingerprint density at radius 3 is 2.35 bits per heavy atom. The highest BCUT2D eigenvalue weighted by Gasteiger charge is 2.28. The molecule has 0 saturated carbocycles. The zero-order valence-corrected chi connectivity index (χ0v) is 31.3. The number of ether oxygens (including phenoxy) is 1. The van der Waals surface area contributed by atoms with E-state index in [1.54, 1.807) is 31.3 Å². The molecule has 2 aliphatic heterocycles. The first kappa shape index (κ1) is 34.4. The number of halogens is 1. The Kier molecular flexibility index (Phi) is 10.5. The van der Waals surface area contributed by atoms with Crippen LogP contribution < -0.4 is 25.6 Å². The molecule has 2 aromatic heterocycles.